The number of thiophene rings is 1. The van der Waals surface area contributed by atoms with E-state index in [-0.39, 0.29) is 0 Å². The molecule has 1 aromatic heterocycles. The van der Waals surface area contributed by atoms with Crippen molar-refractivity contribution < 1.29 is 0 Å². The summed E-state index contributed by atoms with van der Waals surface area (Å²) in [5.41, 5.74) is 2.88. The lowest BCUT2D eigenvalue weighted by molar-refractivity contribution is 0.521. The van der Waals surface area contributed by atoms with Crippen LogP contribution in [0.4, 0.5) is 0 Å². The molecule has 0 aromatic carbocycles. The first-order chi connectivity index (χ1) is 8.81. The number of hydrazone groups is 1. The van der Waals surface area contributed by atoms with Crippen molar-refractivity contribution in [2.24, 2.45) is 16.9 Å². The van der Waals surface area contributed by atoms with Gasteiger partial charge in [0.05, 0.1) is 6.21 Å². The smallest absolute Gasteiger partial charge is 0.187 e. The maximum Gasteiger partial charge on any atom is 0.187 e. The third-order valence-electron chi connectivity index (χ3n) is 3.50. The van der Waals surface area contributed by atoms with Crippen LogP contribution in [0.2, 0.25) is 0 Å². The Hall–Kier alpha value is -1.20. The maximum atomic E-state index is 5.24. The summed E-state index contributed by atoms with van der Waals surface area (Å²) in [7, 11) is 0. The van der Waals surface area contributed by atoms with Crippen LogP contribution in [0, 0.1) is 11.8 Å². The molecule has 2 bridgehead atoms. The second-order valence-electron chi connectivity index (χ2n) is 4.75. The number of rotatable bonds is 3. The average molecular weight is 277 g/mol. The van der Waals surface area contributed by atoms with Gasteiger partial charge in [-0.1, -0.05) is 18.2 Å². The first kappa shape index (κ1) is 11.9. The van der Waals surface area contributed by atoms with Gasteiger partial charge in [0.2, 0.25) is 0 Å². The van der Waals surface area contributed by atoms with Crippen molar-refractivity contribution in [2.75, 3.05) is 0 Å². The largest absolute Gasteiger partial charge is 0.358 e. The molecule has 2 aliphatic rings. The summed E-state index contributed by atoms with van der Waals surface area (Å²) in [5, 5.41) is 10.1. The van der Waals surface area contributed by atoms with Crippen molar-refractivity contribution in [2.45, 2.75) is 18.9 Å². The fraction of sp³-hybridized carbons (Fsp3) is 0.385. The van der Waals surface area contributed by atoms with E-state index in [4.69, 9.17) is 12.2 Å². The topological polar surface area (TPSA) is 36.4 Å². The lowest BCUT2D eigenvalue weighted by atomic mass is 10.0. The molecule has 3 atom stereocenters. The van der Waals surface area contributed by atoms with Gasteiger partial charge < -0.3 is 5.32 Å². The Morgan fingerprint density at radius 1 is 1.44 bits per heavy atom. The Morgan fingerprint density at radius 3 is 3.06 bits per heavy atom. The Balaban J connectivity index is 1.46. The molecule has 0 radical (unpaired) electrons. The van der Waals surface area contributed by atoms with E-state index in [0.717, 1.165) is 10.8 Å². The molecule has 1 aromatic rings. The van der Waals surface area contributed by atoms with E-state index < -0.39 is 0 Å². The predicted octanol–water partition coefficient (Wildman–Crippen LogP) is 2.51. The second kappa shape index (κ2) is 5.20. The standard InChI is InChI=1S/C13H15N3S2/c17-13(16-14-8-11-2-1-5-18-11)15-12-7-9-3-4-10(12)6-9/h1-5,8-10,12H,6-7H2,(H2,15,16,17)/b14-8-/t9-,10-,12+/m0/s1. The molecular formula is C13H15N3S2. The fourth-order valence-electron chi connectivity index (χ4n) is 2.67. The van der Waals surface area contributed by atoms with Crippen LogP contribution in [0.1, 0.15) is 17.7 Å². The van der Waals surface area contributed by atoms with Crippen LogP contribution in [0.25, 0.3) is 0 Å². The van der Waals surface area contributed by atoms with Crippen LogP contribution in [-0.4, -0.2) is 17.4 Å². The van der Waals surface area contributed by atoms with Gasteiger partial charge in [-0.2, -0.15) is 5.10 Å². The molecule has 0 saturated heterocycles. The van der Waals surface area contributed by atoms with E-state index in [2.05, 4.69) is 28.0 Å². The van der Waals surface area contributed by atoms with E-state index in [1.165, 1.54) is 12.8 Å². The van der Waals surface area contributed by atoms with E-state index in [1.807, 2.05) is 17.5 Å². The Labute approximate surface area is 116 Å². The normalized spacial score (nSPS) is 29.0. The van der Waals surface area contributed by atoms with Crippen LogP contribution in [0.3, 0.4) is 0 Å². The monoisotopic (exact) mass is 277 g/mol. The maximum absolute atomic E-state index is 5.24. The molecule has 94 valence electrons. The molecule has 2 N–H and O–H groups in total. The number of nitrogens with one attached hydrogen (secondary N) is 2. The molecule has 0 amide bonds. The van der Waals surface area contributed by atoms with Crippen molar-refractivity contribution in [1.29, 1.82) is 0 Å². The van der Waals surface area contributed by atoms with Gasteiger partial charge in [0.15, 0.2) is 5.11 Å². The molecule has 0 unspecified atom stereocenters. The lowest BCUT2D eigenvalue weighted by Gasteiger charge is -2.20. The number of fused-ring (bicyclic) bond motifs is 2. The molecule has 18 heavy (non-hydrogen) atoms. The molecule has 5 heteroatoms. The quantitative estimate of drug-likeness (QED) is 0.386. The van der Waals surface area contributed by atoms with Crippen LogP contribution < -0.4 is 10.7 Å². The molecular weight excluding hydrogens is 262 g/mol. The zero-order valence-electron chi connectivity index (χ0n) is 9.87. The fourth-order valence-corrected chi connectivity index (χ4v) is 3.46. The molecule has 0 spiro atoms. The van der Waals surface area contributed by atoms with Crippen LogP contribution in [0.15, 0.2) is 34.8 Å². The molecule has 1 saturated carbocycles. The number of thiocarbonyl (C=S) groups is 1. The summed E-state index contributed by atoms with van der Waals surface area (Å²) in [6.45, 7) is 0. The highest BCUT2D eigenvalue weighted by atomic mass is 32.1. The molecule has 2 aliphatic carbocycles. The lowest BCUT2D eigenvalue weighted by Crippen LogP contribution is -2.42. The summed E-state index contributed by atoms with van der Waals surface area (Å²) < 4.78 is 0. The Morgan fingerprint density at radius 2 is 2.39 bits per heavy atom. The summed E-state index contributed by atoms with van der Waals surface area (Å²) in [5.74, 6) is 1.40. The molecule has 0 aliphatic heterocycles. The van der Waals surface area contributed by atoms with Crippen LogP contribution in [-0.2, 0) is 0 Å². The highest BCUT2D eigenvalue weighted by Gasteiger charge is 2.35. The molecule has 1 fully saturated rings. The number of hydrogen-bond donors (Lipinski definition) is 2. The van der Waals surface area contributed by atoms with Crippen molar-refractivity contribution in [3.05, 3.63) is 34.5 Å². The second-order valence-corrected chi connectivity index (χ2v) is 6.13. The first-order valence-corrected chi connectivity index (χ1v) is 7.41. The van der Waals surface area contributed by atoms with Gasteiger partial charge in [0, 0.05) is 10.9 Å². The van der Waals surface area contributed by atoms with Gasteiger partial charge in [-0.25, -0.2) is 0 Å². The minimum atomic E-state index is 0.483. The third kappa shape index (κ3) is 2.62. The number of hydrogen-bond acceptors (Lipinski definition) is 3. The Kier molecular flexibility index (Phi) is 3.43. The summed E-state index contributed by atoms with van der Waals surface area (Å²) >= 11 is 6.90. The van der Waals surface area contributed by atoms with Crippen molar-refractivity contribution >= 4 is 34.9 Å². The molecule has 3 rings (SSSR count). The SMILES string of the molecule is S=C(N/N=C\c1cccs1)N[C@@H]1C[C@H]2C=C[C@H]1C2. The van der Waals surface area contributed by atoms with Gasteiger partial charge in [0.25, 0.3) is 0 Å². The minimum Gasteiger partial charge on any atom is -0.358 e. The van der Waals surface area contributed by atoms with E-state index in [9.17, 15) is 0 Å². The summed E-state index contributed by atoms with van der Waals surface area (Å²) in [4.78, 5) is 1.12. The van der Waals surface area contributed by atoms with E-state index in [0.29, 0.717) is 17.1 Å². The van der Waals surface area contributed by atoms with Crippen LogP contribution in [0.5, 0.6) is 0 Å². The number of allylic oxidation sites excluding steroid dienone is 1. The van der Waals surface area contributed by atoms with E-state index in [1.54, 1.807) is 17.6 Å². The van der Waals surface area contributed by atoms with Gasteiger partial charge in [-0.3, -0.25) is 5.43 Å². The van der Waals surface area contributed by atoms with Crippen LogP contribution >= 0.6 is 23.6 Å². The summed E-state index contributed by atoms with van der Waals surface area (Å²) in [6.07, 6.45) is 8.90. The highest BCUT2D eigenvalue weighted by molar-refractivity contribution is 7.80. The molecule has 1 heterocycles. The van der Waals surface area contributed by atoms with Gasteiger partial charge in [-0.05, 0) is 48.3 Å². The zero-order chi connectivity index (χ0) is 12.4. The summed E-state index contributed by atoms with van der Waals surface area (Å²) in [6, 6.07) is 4.51. The van der Waals surface area contributed by atoms with Gasteiger partial charge in [0.1, 0.15) is 0 Å². The van der Waals surface area contributed by atoms with Gasteiger partial charge in [-0.15, -0.1) is 11.3 Å². The third-order valence-corrected chi connectivity index (χ3v) is 4.51. The zero-order valence-corrected chi connectivity index (χ0v) is 11.5. The average Bonchev–Trinajstić information content (AvgIpc) is 3.04. The highest BCUT2D eigenvalue weighted by Crippen LogP contribution is 2.38. The number of nitrogens with zero attached hydrogens (tertiary/aromatic N) is 1. The molecule has 3 nitrogen and oxygen atoms in total. The predicted molar refractivity (Wildman–Crippen MR) is 79.9 cm³/mol. The van der Waals surface area contributed by atoms with Gasteiger partial charge >= 0.3 is 0 Å². The first-order valence-electron chi connectivity index (χ1n) is 6.12. The van der Waals surface area contributed by atoms with E-state index >= 15 is 0 Å². The van der Waals surface area contributed by atoms with Crippen molar-refractivity contribution in [1.82, 2.24) is 10.7 Å². The minimum absolute atomic E-state index is 0.483. The van der Waals surface area contributed by atoms with Crippen molar-refractivity contribution in [3.8, 4) is 0 Å². The van der Waals surface area contributed by atoms with Crippen molar-refractivity contribution in [3.63, 3.8) is 0 Å². The Bertz CT molecular complexity index is 478.